The first-order chi connectivity index (χ1) is 16.4. The highest BCUT2D eigenvalue weighted by molar-refractivity contribution is 6.35. The molecule has 0 saturated carbocycles. The Morgan fingerprint density at radius 3 is 1.18 bits per heavy atom. The zero-order valence-corrected chi connectivity index (χ0v) is 21.0. The normalized spacial score (nSPS) is 14.2. The van der Waals surface area contributed by atoms with Gasteiger partial charge >= 0.3 is 0 Å². The number of hydrogen-bond donors (Lipinski definition) is 0. The van der Waals surface area contributed by atoms with Crippen molar-refractivity contribution >= 4 is 67.7 Å². The molecule has 0 aliphatic rings. The predicted octanol–water partition coefficient (Wildman–Crippen LogP) is 6.99. The van der Waals surface area contributed by atoms with Crippen molar-refractivity contribution in [2.75, 3.05) is 0 Å². The molecule has 0 radical (unpaired) electrons. The SMILES string of the molecule is C/C=c1/ccc2c3cc/c(=C/C)c4c(/C=N/C(C)C)ccc(c5ccc(/C=N/C(C)C)c1c52)c43. The van der Waals surface area contributed by atoms with Crippen molar-refractivity contribution in [3.63, 3.8) is 0 Å². The van der Waals surface area contributed by atoms with Gasteiger partial charge in [-0.05, 0) is 95.1 Å². The quantitative estimate of drug-likeness (QED) is 0.162. The molecule has 0 N–H and O–H groups in total. The van der Waals surface area contributed by atoms with Crippen LogP contribution in [0.3, 0.4) is 0 Å². The van der Waals surface area contributed by atoms with E-state index in [2.05, 4.69) is 102 Å². The number of aliphatic imine (C=N–C) groups is 2. The van der Waals surface area contributed by atoms with E-state index in [0.29, 0.717) is 0 Å². The summed E-state index contributed by atoms with van der Waals surface area (Å²) in [6, 6.07) is 18.7. The summed E-state index contributed by atoms with van der Waals surface area (Å²) in [4.78, 5) is 9.44. The fourth-order valence-corrected chi connectivity index (χ4v) is 5.15. The van der Waals surface area contributed by atoms with Crippen molar-refractivity contribution in [2.45, 2.75) is 53.6 Å². The average Bonchev–Trinajstić information content (AvgIpc) is 2.84. The van der Waals surface area contributed by atoms with Crippen LogP contribution in [0.25, 0.3) is 55.2 Å². The fraction of sp³-hybridized carbons (Fsp3) is 0.250. The molecule has 0 spiro atoms. The molecule has 0 aromatic heterocycles. The van der Waals surface area contributed by atoms with Crippen molar-refractivity contribution in [1.29, 1.82) is 0 Å². The van der Waals surface area contributed by atoms with E-state index in [1.54, 1.807) is 0 Å². The predicted molar refractivity (Wildman–Crippen MR) is 153 cm³/mol. The molecule has 0 amide bonds. The molecule has 5 aromatic rings. The van der Waals surface area contributed by atoms with E-state index in [1.165, 1.54) is 64.7 Å². The number of benzene rings is 5. The van der Waals surface area contributed by atoms with E-state index in [0.717, 1.165) is 0 Å². The first-order valence-electron chi connectivity index (χ1n) is 12.3. The van der Waals surface area contributed by atoms with Crippen LogP contribution in [0.15, 0.2) is 58.5 Å². The molecule has 0 aliphatic heterocycles. The Morgan fingerprint density at radius 2 is 0.853 bits per heavy atom. The van der Waals surface area contributed by atoms with Crippen LogP contribution in [-0.2, 0) is 0 Å². The van der Waals surface area contributed by atoms with Crippen LogP contribution in [0.2, 0.25) is 0 Å². The van der Waals surface area contributed by atoms with Crippen LogP contribution in [0.1, 0.15) is 52.7 Å². The maximum Gasteiger partial charge on any atom is 0.0443 e. The van der Waals surface area contributed by atoms with Crippen LogP contribution >= 0.6 is 0 Å². The van der Waals surface area contributed by atoms with Gasteiger partial charge in [0.2, 0.25) is 0 Å². The van der Waals surface area contributed by atoms with Gasteiger partial charge in [0.05, 0.1) is 0 Å². The van der Waals surface area contributed by atoms with Gasteiger partial charge in [0.1, 0.15) is 0 Å². The number of hydrogen-bond acceptors (Lipinski definition) is 2. The Hall–Kier alpha value is -3.52. The van der Waals surface area contributed by atoms with Crippen LogP contribution in [0.4, 0.5) is 0 Å². The van der Waals surface area contributed by atoms with Gasteiger partial charge in [-0.25, -0.2) is 0 Å². The summed E-state index contributed by atoms with van der Waals surface area (Å²) in [6.45, 7) is 12.7. The molecule has 0 aliphatic carbocycles. The minimum atomic E-state index is 0.268. The number of rotatable bonds is 4. The highest BCUT2D eigenvalue weighted by Crippen LogP contribution is 2.39. The van der Waals surface area contributed by atoms with Gasteiger partial charge in [0, 0.05) is 35.6 Å². The summed E-state index contributed by atoms with van der Waals surface area (Å²) >= 11 is 0. The summed E-state index contributed by atoms with van der Waals surface area (Å²) in [5.41, 5.74) is 2.36. The fourth-order valence-electron chi connectivity index (χ4n) is 5.15. The summed E-state index contributed by atoms with van der Waals surface area (Å²) in [5, 5.41) is 12.9. The second-order valence-electron chi connectivity index (χ2n) is 9.63. The Morgan fingerprint density at radius 1 is 0.500 bits per heavy atom. The lowest BCUT2D eigenvalue weighted by molar-refractivity contribution is 0.841. The second-order valence-corrected chi connectivity index (χ2v) is 9.63. The Kier molecular flexibility index (Phi) is 5.69. The van der Waals surface area contributed by atoms with E-state index in [-0.39, 0.29) is 12.1 Å². The summed E-state index contributed by atoms with van der Waals surface area (Å²) in [7, 11) is 0. The third-order valence-electron chi connectivity index (χ3n) is 6.68. The third-order valence-corrected chi connectivity index (χ3v) is 6.68. The molecule has 0 fully saturated rings. The van der Waals surface area contributed by atoms with Gasteiger partial charge in [0.15, 0.2) is 0 Å². The summed E-state index contributed by atoms with van der Waals surface area (Å²) < 4.78 is 0. The second kappa shape index (κ2) is 8.68. The lowest BCUT2D eigenvalue weighted by Crippen LogP contribution is -2.08. The number of nitrogens with zero attached hydrogens (tertiary/aromatic N) is 2. The summed E-state index contributed by atoms with van der Waals surface area (Å²) in [5.74, 6) is 0. The van der Waals surface area contributed by atoms with E-state index in [1.807, 2.05) is 12.4 Å². The van der Waals surface area contributed by atoms with Crippen molar-refractivity contribution in [1.82, 2.24) is 0 Å². The van der Waals surface area contributed by atoms with Crippen LogP contribution in [-0.4, -0.2) is 24.5 Å². The highest BCUT2D eigenvalue weighted by Gasteiger charge is 2.16. The number of fused-ring (bicyclic) bond motifs is 2. The van der Waals surface area contributed by atoms with Gasteiger partial charge in [-0.1, -0.05) is 60.7 Å². The molecule has 5 aromatic carbocycles. The lowest BCUT2D eigenvalue weighted by Gasteiger charge is -2.17. The van der Waals surface area contributed by atoms with Gasteiger partial charge < -0.3 is 0 Å². The van der Waals surface area contributed by atoms with E-state index in [4.69, 9.17) is 9.98 Å². The molecule has 170 valence electrons. The van der Waals surface area contributed by atoms with Crippen molar-refractivity contribution in [2.24, 2.45) is 9.98 Å². The zero-order valence-electron chi connectivity index (χ0n) is 21.0. The topological polar surface area (TPSA) is 24.7 Å². The third kappa shape index (κ3) is 3.49. The highest BCUT2D eigenvalue weighted by atomic mass is 14.7. The first kappa shape index (κ1) is 22.3. The molecule has 5 rings (SSSR count). The van der Waals surface area contributed by atoms with E-state index < -0.39 is 0 Å². The summed E-state index contributed by atoms with van der Waals surface area (Å²) in [6.07, 6.45) is 8.52. The first-order valence-corrected chi connectivity index (χ1v) is 12.3. The molecule has 34 heavy (non-hydrogen) atoms. The molecule has 0 heterocycles. The minimum Gasteiger partial charge on any atom is -0.290 e. The van der Waals surface area contributed by atoms with Gasteiger partial charge in [-0.2, -0.15) is 0 Å². The molecule has 2 heteroatoms. The van der Waals surface area contributed by atoms with Crippen LogP contribution in [0.5, 0.6) is 0 Å². The molecule has 0 bridgehead atoms. The van der Waals surface area contributed by atoms with Crippen molar-refractivity contribution < 1.29 is 0 Å². The zero-order chi connectivity index (χ0) is 24.0. The largest absolute Gasteiger partial charge is 0.290 e. The molecule has 0 unspecified atom stereocenters. The Balaban J connectivity index is 2.03. The maximum atomic E-state index is 4.72. The molecule has 0 atom stereocenters. The minimum absolute atomic E-state index is 0.268. The lowest BCUT2D eigenvalue weighted by atomic mass is 9.86. The van der Waals surface area contributed by atoms with Gasteiger partial charge in [-0.15, -0.1) is 0 Å². The molecular formula is C32H32N2. The Bertz CT molecular complexity index is 1570. The smallest absolute Gasteiger partial charge is 0.0443 e. The van der Waals surface area contributed by atoms with Crippen LogP contribution < -0.4 is 10.4 Å². The van der Waals surface area contributed by atoms with Crippen molar-refractivity contribution in [3.05, 3.63) is 70.1 Å². The van der Waals surface area contributed by atoms with Gasteiger partial charge in [0.25, 0.3) is 0 Å². The van der Waals surface area contributed by atoms with Crippen LogP contribution in [0, 0.1) is 0 Å². The van der Waals surface area contributed by atoms with Gasteiger partial charge in [-0.3, -0.25) is 9.98 Å². The average molecular weight is 445 g/mol. The Labute approximate surface area is 201 Å². The standard InChI is InChI=1S/C32H32N2/c1-7-21-9-13-25-26-14-10-22(8-2)30-24(18-34-20(5)6)12-16-28(32(26)30)27-15-11-23(17-33-19(3)4)29(21)31(25)27/h7-20H,1-6H3/b21-7-,22-8-,33-17+,34-18+. The van der Waals surface area contributed by atoms with Crippen molar-refractivity contribution in [3.8, 4) is 0 Å². The van der Waals surface area contributed by atoms with E-state index >= 15 is 0 Å². The maximum absolute atomic E-state index is 4.72. The molecule has 0 saturated heterocycles. The van der Waals surface area contributed by atoms with E-state index in [9.17, 15) is 0 Å². The molecular weight excluding hydrogens is 412 g/mol. The molecule has 2 nitrogen and oxygen atoms in total. The monoisotopic (exact) mass is 444 g/mol.